The molecular formula is C16H17NO6. The smallest absolute Gasteiger partial charge is 0.276 e. The highest BCUT2D eigenvalue weighted by molar-refractivity contribution is 5.55. The Morgan fingerprint density at radius 3 is 2.04 bits per heavy atom. The Hall–Kier alpha value is -2.96. The quantitative estimate of drug-likeness (QED) is 0.596. The zero-order chi connectivity index (χ0) is 17.0. The van der Waals surface area contributed by atoms with Crippen molar-refractivity contribution in [3.8, 4) is 28.7 Å². The Bertz CT molecular complexity index is 729. The van der Waals surface area contributed by atoms with E-state index < -0.39 is 4.92 Å². The van der Waals surface area contributed by atoms with E-state index in [0.29, 0.717) is 28.6 Å². The first kappa shape index (κ1) is 16.4. The molecule has 0 aliphatic rings. The summed E-state index contributed by atoms with van der Waals surface area (Å²) in [6, 6.07) is 7.98. The van der Waals surface area contributed by atoms with E-state index in [2.05, 4.69) is 0 Å². The Morgan fingerprint density at radius 1 is 0.870 bits per heavy atom. The molecule has 0 saturated carbocycles. The lowest BCUT2D eigenvalue weighted by molar-refractivity contribution is -0.385. The normalized spacial score (nSPS) is 10.1. The Kier molecular flexibility index (Phi) is 4.90. The van der Waals surface area contributed by atoms with Gasteiger partial charge in [-0.2, -0.15) is 0 Å². The molecule has 0 saturated heterocycles. The summed E-state index contributed by atoms with van der Waals surface area (Å²) >= 11 is 0. The Labute approximate surface area is 133 Å². The van der Waals surface area contributed by atoms with Crippen molar-refractivity contribution in [2.24, 2.45) is 0 Å². The predicted molar refractivity (Wildman–Crippen MR) is 84.0 cm³/mol. The maximum atomic E-state index is 11.0. The number of hydrogen-bond donors (Lipinski definition) is 0. The molecule has 0 N–H and O–H groups in total. The number of nitrogens with zero attached hydrogens (tertiary/aromatic N) is 1. The molecule has 0 unspecified atom stereocenters. The second-order valence-electron chi connectivity index (χ2n) is 4.67. The number of aryl methyl sites for hydroxylation is 1. The number of methoxy groups -OCH3 is 3. The largest absolute Gasteiger partial charge is 0.493 e. The summed E-state index contributed by atoms with van der Waals surface area (Å²) in [6.07, 6.45) is 0. The van der Waals surface area contributed by atoms with Gasteiger partial charge in [0.2, 0.25) is 0 Å². The van der Waals surface area contributed by atoms with Crippen LogP contribution in [0.1, 0.15) is 5.56 Å². The minimum Gasteiger partial charge on any atom is -0.493 e. The third-order valence-electron chi connectivity index (χ3n) is 3.26. The number of benzene rings is 2. The second kappa shape index (κ2) is 6.87. The summed E-state index contributed by atoms with van der Waals surface area (Å²) in [7, 11) is 4.50. The fraction of sp³-hybridized carbons (Fsp3) is 0.250. The SMILES string of the molecule is COc1ccc(Oc2cc(C)c([N+](=O)[O-])cc2OC)cc1OC. The summed E-state index contributed by atoms with van der Waals surface area (Å²) < 4.78 is 21.3. The Morgan fingerprint density at radius 2 is 1.48 bits per heavy atom. The van der Waals surface area contributed by atoms with E-state index in [9.17, 15) is 10.1 Å². The highest BCUT2D eigenvalue weighted by Crippen LogP contribution is 2.39. The molecule has 0 spiro atoms. The molecule has 0 bridgehead atoms. The first-order valence-electron chi connectivity index (χ1n) is 6.73. The van der Waals surface area contributed by atoms with Gasteiger partial charge in [-0.3, -0.25) is 10.1 Å². The molecule has 0 fully saturated rings. The van der Waals surface area contributed by atoms with Gasteiger partial charge in [0.05, 0.1) is 32.3 Å². The average molecular weight is 319 g/mol. The molecule has 7 heteroatoms. The van der Waals surface area contributed by atoms with Gasteiger partial charge in [-0.1, -0.05) is 0 Å². The van der Waals surface area contributed by atoms with Crippen molar-refractivity contribution in [3.63, 3.8) is 0 Å². The van der Waals surface area contributed by atoms with Gasteiger partial charge >= 0.3 is 0 Å². The van der Waals surface area contributed by atoms with Crippen LogP contribution < -0.4 is 18.9 Å². The van der Waals surface area contributed by atoms with Crippen LogP contribution in [0.4, 0.5) is 5.69 Å². The van der Waals surface area contributed by atoms with Gasteiger partial charge in [0.15, 0.2) is 23.0 Å². The van der Waals surface area contributed by atoms with E-state index in [4.69, 9.17) is 18.9 Å². The Balaban J connectivity index is 2.40. The van der Waals surface area contributed by atoms with Crippen LogP contribution in [0.15, 0.2) is 30.3 Å². The number of rotatable bonds is 6. The summed E-state index contributed by atoms with van der Waals surface area (Å²) in [4.78, 5) is 10.5. The summed E-state index contributed by atoms with van der Waals surface area (Å²) in [5.41, 5.74) is 0.452. The lowest BCUT2D eigenvalue weighted by Crippen LogP contribution is -1.97. The van der Waals surface area contributed by atoms with Crippen molar-refractivity contribution in [1.29, 1.82) is 0 Å². The van der Waals surface area contributed by atoms with E-state index in [0.717, 1.165) is 0 Å². The van der Waals surface area contributed by atoms with Gasteiger partial charge in [-0.25, -0.2) is 0 Å². The van der Waals surface area contributed by atoms with Crippen LogP contribution in [0.5, 0.6) is 28.7 Å². The number of nitro groups is 1. The van der Waals surface area contributed by atoms with Crippen molar-refractivity contribution in [1.82, 2.24) is 0 Å². The molecule has 0 atom stereocenters. The van der Waals surface area contributed by atoms with E-state index in [1.54, 1.807) is 38.3 Å². The van der Waals surface area contributed by atoms with Crippen LogP contribution in [0.25, 0.3) is 0 Å². The number of nitro benzene ring substituents is 1. The van der Waals surface area contributed by atoms with Gasteiger partial charge in [0, 0.05) is 11.6 Å². The average Bonchev–Trinajstić information content (AvgIpc) is 2.54. The predicted octanol–water partition coefficient (Wildman–Crippen LogP) is 3.72. The fourth-order valence-corrected chi connectivity index (χ4v) is 2.09. The molecule has 23 heavy (non-hydrogen) atoms. The first-order valence-corrected chi connectivity index (χ1v) is 6.73. The zero-order valence-corrected chi connectivity index (χ0v) is 13.3. The van der Waals surface area contributed by atoms with Crippen LogP contribution in [0.2, 0.25) is 0 Å². The van der Waals surface area contributed by atoms with E-state index in [-0.39, 0.29) is 11.4 Å². The fourth-order valence-electron chi connectivity index (χ4n) is 2.09. The third-order valence-corrected chi connectivity index (χ3v) is 3.26. The molecule has 0 aliphatic carbocycles. The monoisotopic (exact) mass is 319 g/mol. The molecule has 122 valence electrons. The molecule has 7 nitrogen and oxygen atoms in total. The minimum atomic E-state index is -0.460. The number of ether oxygens (including phenoxy) is 4. The first-order chi connectivity index (χ1) is 11.0. The summed E-state index contributed by atoms with van der Waals surface area (Å²) in [5.74, 6) is 2.24. The number of hydrogen-bond acceptors (Lipinski definition) is 6. The van der Waals surface area contributed by atoms with Crippen molar-refractivity contribution in [2.75, 3.05) is 21.3 Å². The molecule has 0 radical (unpaired) electrons. The molecule has 2 aromatic carbocycles. The molecule has 0 amide bonds. The van der Waals surface area contributed by atoms with Gasteiger partial charge < -0.3 is 18.9 Å². The van der Waals surface area contributed by atoms with Gasteiger partial charge in [-0.15, -0.1) is 0 Å². The van der Waals surface area contributed by atoms with Crippen molar-refractivity contribution < 1.29 is 23.9 Å². The minimum absolute atomic E-state index is 0.0264. The van der Waals surface area contributed by atoms with E-state index in [1.807, 2.05) is 0 Å². The van der Waals surface area contributed by atoms with Crippen LogP contribution >= 0.6 is 0 Å². The molecule has 2 aromatic rings. The zero-order valence-electron chi connectivity index (χ0n) is 13.3. The van der Waals surface area contributed by atoms with Crippen LogP contribution in [-0.4, -0.2) is 26.3 Å². The van der Waals surface area contributed by atoms with Gasteiger partial charge in [0.25, 0.3) is 5.69 Å². The second-order valence-corrected chi connectivity index (χ2v) is 4.67. The van der Waals surface area contributed by atoms with E-state index >= 15 is 0 Å². The van der Waals surface area contributed by atoms with Crippen LogP contribution in [-0.2, 0) is 0 Å². The molecule has 0 aromatic heterocycles. The van der Waals surface area contributed by atoms with Crippen molar-refractivity contribution in [3.05, 3.63) is 46.0 Å². The van der Waals surface area contributed by atoms with Crippen molar-refractivity contribution >= 4 is 5.69 Å². The lowest BCUT2D eigenvalue weighted by Gasteiger charge is -2.13. The third kappa shape index (κ3) is 3.45. The topological polar surface area (TPSA) is 80.1 Å². The lowest BCUT2D eigenvalue weighted by atomic mass is 10.2. The van der Waals surface area contributed by atoms with Gasteiger partial charge in [-0.05, 0) is 25.1 Å². The maximum Gasteiger partial charge on any atom is 0.276 e. The summed E-state index contributed by atoms with van der Waals surface area (Å²) in [6.45, 7) is 1.64. The summed E-state index contributed by atoms with van der Waals surface area (Å²) in [5, 5.41) is 11.0. The van der Waals surface area contributed by atoms with Crippen LogP contribution in [0.3, 0.4) is 0 Å². The molecule has 0 heterocycles. The molecular weight excluding hydrogens is 302 g/mol. The van der Waals surface area contributed by atoms with E-state index in [1.165, 1.54) is 20.3 Å². The maximum absolute atomic E-state index is 11.0. The van der Waals surface area contributed by atoms with Crippen molar-refractivity contribution in [2.45, 2.75) is 6.92 Å². The highest BCUT2D eigenvalue weighted by Gasteiger charge is 2.18. The molecule has 2 rings (SSSR count). The van der Waals surface area contributed by atoms with Gasteiger partial charge in [0.1, 0.15) is 5.75 Å². The van der Waals surface area contributed by atoms with Crippen LogP contribution in [0, 0.1) is 17.0 Å². The standard InChI is InChI=1S/C16H17NO6/c1-10-7-16(15(22-4)9-12(10)17(18)19)23-11-5-6-13(20-2)14(8-11)21-3/h5-9H,1-4H3. The molecule has 0 aliphatic heterocycles. The highest BCUT2D eigenvalue weighted by atomic mass is 16.6.